The van der Waals surface area contributed by atoms with Gasteiger partial charge in [0, 0.05) is 30.8 Å². The van der Waals surface area contributed by atoms with Crippen molar-refractivity contribution in [3.8, 4) is 0 Å². The molecule has 0 atom stereocenters. The highest BCUT2D eigenvalue weighted by atomic mass is 32.1. The van der Waals surface area contributed by atoms with E-state index in [4.69, 9.17) is 0 Å². The van der Waals surface area contributed by atoms with E-state index < -0.39 is 0 Å². The van der Waals surface area contributed by atoms with Crippen molar-refractivity contribution < 1.29 is 4.79 Å². The van der Waals surface area contributed by atoms with Crippen molar-refractivity contribution in [1.82, 2.24) is 15.6 Å². The van der Waals surface area contributed by atoms with Gasteiger partial charge in [-0.2, -0.15) is 0 Å². The maximum absolute atomic E-state index is 11.5. The Balaban J connectivity index is 1.98. The van der Waals surface area contributed by atoms with Gasteiger partial charge in [0.2, 0.25) is 5.91 Å². The van der Waals surface area contributed by atoms with Gasteiger partial charge in [0.25, 0.3) is 0 Å². The van der Waals surface area contributed by atoms with Crippen LogP contribution in [0.25, 0.3) is 0 Å². The molecule has 1 amide bonds. The molecule has 0 aromatic carbocycles. The van der Waals surface area contributed by atoms with E-state index in [0.29, 0.717) is 19.0 Å². The lowest BCUT2D eigenvalue weighted by Crippen LogP contribution is -2.28. The monoisotopic (exact) mass is 255 g/mol. The van der Waals surface area contributed by atoms with Crippen LogP contribution in [0.2, 0.25) is 0 Å². The second-order valence-electron chi connectivity index (χ2n) is 4.29. The van der Waals surface area contributed by atoms with Gasteiger partial charge in [0.15, 0.2) is 0 Å². The number of nitrogens with zero attached hydrogens (tertiary/aromatic N) is 1. The van der Waals surface area contributed by atoms with Gasteiger partial charge in [0.05, 0.1) is 11.2 Å². The van der Waals surface area contributed by atoms with Gasteiger partial charge in [-0.25, -0.2) is 4.98 Å². The third-order valence-electron chi connectivity index (χ3n) is 2.32. The number of thiazole rings is 1. The van der Waals surface area contributed by atoms with E-state index in [2.05, 4.69) is 29.5 Å². The number of nitrogens with one attached hydrogen (secondary N) is 2. The normalized spacial score (nSPS) is 10.8. The van der Waals surface area contributed by atoms with Crippen LogP contribution in [0.4, 0.5) is 0 Å². The molecule has 1 heterocycles. The zero-order valence-corrected chi connectivity index (χ0v) is 11.3. The van der Waals surface area contributed by atoms with Crippen LogP contribution in [0.1, 0.15) is 32.4 Å². The van der Waals surface area contributed by atoms with Gasteiger partial charge in [-0.1, -0.05) is 13.8 Å². The smallest absolute Gasteiger partial charge is 0.220 e. The maximum atomic E-state index is 11.5. The first-order valence-corrected chi connectivity index (χ1v) is 7.00. The summed E-state index contributed by atoms with van der Waals surface area (Å²) in [6.07, 6.45) is 2.30. The standard InChI is InChI=1S/C12H21N3OS/c1-10(2)13-6-3-4-12(16)14-7-5-11-8-17-9-15-11/h8-10,13H,3-7H2,1-2H3,(H,14,16). The van der Waals surface area contributed by atoms with Gasteiger partial charge in [-0.15, -0.1) is 11.3 Å². The zero-order valence-electron chi connectivity index (χ0n) is 10.5. The lowest BCUT2D eigenvalue weighted by atomic mass is 10.2. The molecule has 96 valence electrons. The van der Waals surface area contributed by atoms with E-state index in [9.17, 15) is 4.79 Å². The molecule has 0 aliphatic carbocycles. The van der Waals surface area contributed by atoms with Crippen molar-refractivity contribution >= 4 is 17.2 Å². The minimum atomic E-state index is 0.130. The number of hydrogen-bond donors (Lipinski definition) is 2. The Morgan fingerprint density at radius 3 is 2.94 bits per heavy atom. The topological polar surface area (TPSA) is 54.0 Å². The molecule has 0 saturated heterocycles. The van der Waals surface area contributed by atoms with E-state index in [0.717, 1.165) is 25.1 Å². The second-order valence-corrected chi connectivity index (χ2v) is 5.01. The second kappa shape index (κ2) is 8.20. The number of carbonyl (C=O) groups excluding carboxylic acids is 1. The summed E-state index contributed by atoms with van der Waals surface area (Å²) in [4.78, 5) is 15.6. The molecular formula is C12H21N3OS. The molecule has 1 rings (SSSR count). The van der Waals surface area contributed by atoms with Gasteiger partial charge in [-0.3, -0.25) is 4.79 Å². The predicted molar refractivity (Wildman–Crippen MR) is 71.2 cm³/mol. The Hall–Kier alpha value is -0.940. The van der Waals surface area contributed by atoms with Gasteiger partial charge < -0.3 is 10.6 Å². The Bertz CT molecular complexity index is 312. The third kappa shape index (κ3) is 7.07. The average Bonchev–Trinajstić information content (AvgIpc) is 2.77. The van der Waals surface area contributed by atoms with E-state index in [-0.39, 0.29) is 5.91 Å². The van der Waals surface area contributed by atoms with Crippen molar-refractivity contribution in [2.45, 2.75) is 39.2 Å². The number of hydrogen-bond acceptors (Lipinski definition) is 4. The Morgan fingerprint density at radius 1 is 1.47 bits per heavy atom. The van der Waals surface area contributed by atoms with E-state index in [1.807, 2.05) is 10.9 Å². The molecule has 1 aromatic heterocycles. The Morgan fingerprint density at radius 2 is 2.29 bits per heavy atom. The van der Waals surface area contributed by atoms with E-state index in [1.165, 1.54) is 0 Å². The number of aromatic nitrogens is 1. The molecule has 17 heavy (non-hydrogen) atoms. The fourth-order valence-electron chi connectivity index (χ4n) is 1.42. The Labute approximate surface area is 107 Å². The van der Waals surface area contributed by atoms with Crippen molar-refractivity contribution in [2.75, 3.05) is 13.1 Å². The largest absolute Gasteiger partial charge is 0.356 e. The van der Waals surface area contributed by atoms with Crippen molar-refractivity contribution in [3.05, 3.63) is 16.6 Å². The molecule has 2 N–H and O–H groups in total. The highest BCUT2D eigenvalue weighted by molar-refractivity contribution is 7.07. The highest BCUT2D eigenvalue weighted by Crippen LogP contribution is 2.00. The minimum Gasteiger partial charge on any atom is -0.356 e. The first-order chi connectivity index (χ1) is 8.18. The summed E-state index contributed by atoms with van der Waals surface area (Å²) in [5, 5.41) is 8.21. The fourth-order valence-corrected chi connectivity index (χ4v) is 2.01. The molecule has 0 unspecified atom stereocenters. The zero-order chi connectivity index (χ0) is 12.5. The molecule has 0 spiro atoms. The summed E-state index contributed by atoms with van der Waals surface area (Å²) in [6.45, 7) is 5.79. The van der Waals surface area contributed by atoms with Crippen LogP contribution in [0.5, 0.6) is 0 Å². The summed E-state index contributed by atoms with van der Waals surface area (Å²) in [5.41, 5.74) is 2.87. The summed E-state index contributed by atoms with van der Waals surface area (Å²) < 4.78 is 0. The van der Waals surface area contributed by atoms with Crippen molar-refractivity contribution in [2.24, 2.45) is 0 Å². The molecule has 0 aliphatic heterocycles. The first-order valence-electron chi connectivity index (χ1n) is 6.05. The van der Waals surface area contributed by atoms with Gasteiger partial charge in [-0.05, 0) is 13.0 Å². The van der Waals surface area contributed by atoms with Crippen LogP contribution >= 0.6 is 11.3 Å². The van der Waals surface area contributed by atoms with E-state index >= 15 is 0 Å². The maximum Gasteiger partial charge on any atom is 0.220 e. The van der Waals surface area contributed by atoms with Crippen LogP contribution in [0.15, 0.2) is 10.9 Å². The van der Waals surface area contributed by atoms with Crippen LogP contribution in [0.3, 0.4) is 0 Å². The first kappa shape index (κ1) is 14.1. The molecule has 0 fully saturated rings. The van der Waals surface area contributed by atoms with Crippen LogP contribution in [-0.2, 0) is 11.2 Å². The fraction of sp³-hybridized carbons (Fsp3) is 0.667. The quantitative estimate of drug-likeness (QED) is 0.693. The lowest BCUT2D eigenvalue weighted by molar-refractivity contribution is -0.121. The molecule has 0 aliphatic rings. The number of carbonyl (C=O) groups is 1. The summed E-state index contributed by atoms with van der Waals surface area (Å²) >= 11 is 1.59. The molecule has 4 nitrogen and oxygen atoms in total. The molecular weight excluding hydrogens is 234 g/mol. The van der Waals surface area contributed by atoms with Gasteiger partial charge in [0.1, 0.15) is 0 Å². The van der Waals surface area contributed by atoms with Crippen LogP contribution < -0.4 is 10.6 Å². The lowest BCUT2D eigenvalue weighted by Gasteiger charge is -2.07. The molecule has 1 aromatic rings. The van der Waals surface area contributed by atoms with E-state index in [1.54, 1.807) is 11.3 Å². The number of rotatable bonds is 8. The van der Waals surface area contributed by atoms with Crippen LogP contribution in [-0.4, -0.2) is 30.0 Å². The average molecular weight is 255 g/mol. The van der Waals surface area contributed by atoms with Crippen LogP contribution in [0, 0.1) is 0 Å². The Kier molecular flexibility index (Phi) is 6.81. The summed E-state index contributed by atoms with van der Waals surface area (Å²) in [6, 6.07) is 0.489. The molecule has 0 saturated carbocycles. The van der Waals surface area contributed by atoms with Crippen molar-refractivity contribution in [1.29, 1.82) is 0 Å². The summed E-state index contributed by atoms with van der Waals surface area (Å²) in [7, 11) is 0. The molecule has 0 radical (unpaired) electrons. The SMILES string of the molecule is CC(C)NCCCC(=O)NCCc1cscn1. The highest BCUT2D eigenvalue weighted by Gasteiger charge is 2.01. The molecule has 5 heteroatoms. The summed E-state index contributed by atoms with van der Waals surface area (Å²) in [5.74, 6) is 0.130. The third-order valence-corrected chi connectivity index (χ3v) is 2.96. The van der Waals surface area contributed by atoms with Crippen molar-refractivity contribution in [3.63, 3.8) is 0 Å². The van der Waals surface area contributed by atoms with Gasteiger partial charge >= 0.3 is 0 Å². The predicted octanol–water partition coefficient (Wildman–Crippen LogP) is 1.58. The molecule has 0 bridgehead atoms. The minimum absolute atomic E-state index is 0.130. The number of amides is 1.